The lowest BCUT2D eigenvalue weighted by Crippen LogP contribution is -2.49. The van der Waals surface area contributed by atoms with Crippen LogP contribution in [-0.4, -0.2) is 54.6 Å². The Balaban J connectivity index is 1.21. The van der Waals surface area contributed by atoms with Crippen LogP contribution < -0.4 is 31.3 Å². The van der Waals surface area contributed by atoms with Crippen molar-refractivity contribution in [3.05, 3.63) is 120 Å². The number of rotatable bonds is 7. The molecule has 15 heteroatoms. The van der Waals surface area contributed by atoms with Gasteiger partial charge in [-0.15, -0.1) is 0 Å². The van der Waals surface area contributed by atoms with Crippen molar-refractivity contribution in [3.63, 3.8) is 0 Å². The number of aryl methyl sites for hydroxylation is 2. The largest absolute Gasteiger partial charge is 0.508 e. The normalized spacial score (nSPS) is 22.0. The summed E-state index contributed by atoms with van der Waals surface area (Å²) in [5, 5.41) is 11.5. The minimum atomic E-state index is -1.36. The number of anilines is 1. The molecule has 0 bridgehead atoms. The molecule has 4 heterocycles. The number of hydrogen-bond donors (Lipinski definition) is 1. The molecule has 1 saturated heterocycles. The predicted octanol–water partition coefficient (Wildman–Crippen LogP) is 3.54. The Morgan fingerprint density at radius 1 is 0.962 bits per heavy atom. The molecule has 14 nitrogen and oxygen atoms in total. The molecule has 1 aliphatic carbocycles. The van der Waals surface area contributed by atoms with Gasteiger partial charge >= 0.3 is 11.4 Å². The monoisotopic (exact) mass is 738 g/mol. The van der Waals surface area contributed by atoms with Gasteiger partial charge in [-0.1, -0.05) is 35.9 Å². The van der Waals surface area contributed by atoms with Gasteiger partial charge in [0, 0.05) is 48.6 Å². The van der Waals surface area contributed by atoms with Crippen LogP contribution in [0.5, 0.6) is 17.2 Å². The molecule has 2 fully saturated rings. The highest BCUT2D eigenvalue weighted by atomic mass is 35.5. The molecular formula is C38H35ClN6O8. The first-order valence-corrected chi connectivity index (χ1v) is 17.4. The van der Waals surface area contributed by atoms with Crippen LogP contribution in [0.25, 0.3) is 11.0 Å². The summed E-state index contributed by atoms with van der Waals surface area (Å²) in [5.74, 6) is -1.91. The summed E-state index contributed by atoms with van der Waals surface area (Å²) in [5.41, 5.74) is -0.485. The maximum Gasteiger partial charge on any atom is 0.347 e. The number of nitrogens with zero attached hydrogens (tertiary/aromatic N) is 6. The van der Waals surface area contributed by atoms with Gasteiger partial charge in [-0.2, -0.15) is 0 Å². The minimum absolute atomic E-state index is 0.00631. The fourth-order valence-corrected chi connectivity index (χ4v) is 8.71. The van der Waals surface area contributed by atoms with E-state index in [0.29, 0.717) is 44.4 Å². The van der Waals surface area contributed by atoms with E-state index in [4.69, 9.17) is 21.1 Å². The molecule has 5 aromatic rings. The van der Waals surface area contributed by atoms with E-state index in [1.165, 1.54) is 45.2 Å². The van der Waals surface area contributed by atoms with Crippen molar-refractivity contribution in [2.24, 2.45) is 18.4 Å². The zero-order valence-corrected chi connectivity index (χ0v) is 30.0. The van der Waals surface area contributed by atoms with Gasteiger partial charge in [0.1, 0.15) is 11.4 Å². The van der Waals surface area contributed by atoms with E-state index in [1.54, 1.807) is 68.6 Å². The number of aromatic hydroxyl groups is 1. The fourth-order valence-electron chi connectivity index (χ4n) is 8.53. The molecule has 8 rings (SSSR count). The summed E-state index contributed by atoms with van der Waals surface area (Å²) in [7, 11) is 4.59. The quantitative estimate of drug-likeness (QED) is 0.195. The number of carbonyl (C=O) groups is 2. The summed E-state index contributed by atoms with van der Waals surface area (Å²) in [6.45, 7) is 1.57. The molecule has 0 spiro atoms. The Hall–Kier alpha value is -5.89. The molecule has 0 unspecified atom stereocenters. The van der Waals surface area contributed by atoms with E-state index in [-0.39, 0.29) is 37.4 Å². The van der Waals surface area contributed by atoms with Crippen LogP contribution in [0.3, 0.4) is 0 Å². The van der Waals surface area contributed by atoms with Gasteiger partial charge in [0.2, 0.25) is 11.8 Å². The zero-order valence-electron chi connectivity index (χ0n) is 29.3. The second kappa shape index (κ2) is 12.4. The second-order valence-corrected chi connectivity index (χ2v) is 14.2. The molecule has 53 heavy (non-hydrogen) atoms. The number of allylic oxidation sites excluding steroid dienone is 2. The van der Waals surface area contributed by atoms with Crippen molar-refractivity contribution in [1.82, 2.24) is 23.5 Å². The number of carbonyl (C=O) groups excluding carboxylic acids is 2. The number of hydrogen-bond acceptors (Lipinski definition) is 9. The Kier molecular flexibility index (Phi) is 7.98. The third-order valence-corrected chi connectivity index (χ3v) is 11.4. The number of aromatic nitrogens is 5. The molecule has 2 amide bonds. The second-order valence-electron chi connectivity index (χ2n) is 13.8. The summed E-state index contributed by atoms with van der Waals surface area (Å²) in [4.78, 5) is 76.2. The first-order chi connectivity index (χ1) is 25.4. The molecule has 3 aromatic carbocycles. The topological polar surface area (TPSA) is 160 Å². The standard InChI is InChI=1S/C38H35ClN6O8/c1-38-24(33(47)44(35(38)49)21-8-6-5-7-9-21)17-27-22(32(38)23-16-20(39)10-11-29(23)46)12-15-43-36(50)42(37(51)45(27)43)14-13-25-34(48)41(2)28-19-31(53-4)30(52-3)18-26(28)40-25/h5-12,16,18-19,24,27,32,46H,13-15,17H2,1-4H3/t24-,27+,32+,38+/m0/s1. The van der Waals surface area contributed by atoms with Gasteiger partial charge in [0.15, 0.2) is 11.5 Å². The molecule has 1 saturated carbocycles. The lowest BCUT2D eigenvalue weighted by atomic mass is 9.56. The maximum absolute atomic E-state index is 14.5. The number of imide groups is 1. The Bertz CT molecular complexity index is 2590. The van der Waals surface area contributed by atoms with Gasteiger partial charge in [-0.3, -0.25) is 14.4 Å². The van der Waals surface area contributed by atoms with Crippen molar-refractivity contribution < 1.29 is 24.2 Å². The van der Waals surface area contributed by atoms with E-state index in [2.05, 4.69) is 4.98 Å². The van der Waals surface area contributed by atoms with E-state index in [1.807, 2.05) is 0 Å². The van der Waals surface area contributed by atoms with Gasteiger partial charge < -0.3 is 19.1 Å². The molecule has 4 atom stereocenters. The number of halogens is 1. The van der Waals surface area contributed by atoms with Gasteiger partial charge in [0.25, 0.3) is 5.56 Å². The van der Waals surface area contributed by atoms with E-state index in [0.717, 1.165) is 4.57 Å². The number of para-hydroxylation sites is 1. The van der Waals surface area contributed by atoms with Crippen LogP contribution in [0.1, 0.15) is 36.6 Å². The molecule has 272 valence electrons. The van der Waals surface area contributed by atoms with Crippen LogP contribution in [0.2, 0.25) is 5.02 Å². The Morgan fingerprint density at radius 3 is 2.40 bits per heavy atom. The van der Waals surface area contributed by atoms with Crippen molar-refractivity contribution in [1.29, 1.82) is 0 Å². The van der Waals surface area contributed by atoms with E-state index < -0.39 is 52.0 Å². The highest BCUT2D eigenvalue weighted by molar-refractivity contribution is 6.30. The molecular weight excluding hydrogens is 704 g/mol. The molecule has 1 N–H and O–H groups in total. The maximum atomic E-state index is 14.5. The van der Waals surface area contributed by atoms with Crippen LogP contribution in [0.15, 0.2) is 86.7 Å². The lowest BCUT2D eigenvalue weighted by molar-refractivity contribution is -0.129. The molecule has 2 aliphatic heterocycles. The zero-order chi connectivity index (χ0) is 37.5. The summed E-state index contributed by atoms with van der Waals surface area (Å²) in [6, 6.07) is 15.7. The number of phenolic OH excluding ortho intramolecular Hbond substituents is 1. The van der Waals surface area contributed by atoms with Crippen molar-refractivity contribution >= 4 is 40.1 Å². The minimum Gasteiger partial charge on any atom is -0.508 e. The number of methoxy groups -OCH3 is 2. The van der Waals surface area contributed by atoms with Crippen molar-refractivity contribution in [2.75, 3.05) is 19.1 Å². The number of benzene rings is 3. The van der Waals surface area contributed by atoms with Gasteiger partial charge in [-0.05, 0) is 49.2 Å². The average Bonchev–Trinajstić information content (AvgIpc) is 3.52. The molecule has 2 aromatic heterocycles. The summed E-state index contributed by atoms with van der Waals surface area (Å²) < 4.78 is 15.9. The van der Waals surface area contributed by atoms with Crippen LogP contribution in [0, 0.1) is 11.3 Å². The third kappa shape index (κ3) is 4.91. The van der Waals surface area contributed by atoms with Crippen molar-refractivity contribution in [3.8, 4) is 17.2 Å². The Labute approximate surface area is 306 Å². The van der Waals surface area contributed by atoms with E-state index in [9.17, 15) is 29.1 Å². The first kappa shape index (κ1) is 34.2. The van der Waals surface area contributed by atoms with E-state index >= 15 is 0 Å². The highest BCUT2D eigenvalue weighted by Crippen LogP contribution is 2.62. The van der Waals surface area contributed by atoms with Crippen molar-refractivity contribution in [2.45, 2.75) is 44.8 Å². The number of ether oxygens (including phenoxy) is 2. The van der Waals surface area contributed by atoms with Crippen LogP contribution in [0.4, 0.5) is 5.69 Å². The summed E-state index contributed by atoms with van der Waals surface area (Å²) >= 11 is 6.45. The SMILES string of the molecule is COc1cc2nc(CCn3c(=O)n4n(c3=O)[C@@H]3C[C@H]5C(=O)N(c6ccccc6)C(=O)[C@@]5(C)[C@@H](c5cc(Cl)ccc5O)C3=CC4)c(=O)n(C)c2cc1OC. The average molecular weight is 739 g/mol. The third-order valence-electron chi connectivity index (χ3n) is 11.2. The first-order valence-electron chi connectivity index (χ1n) is 17.1. The van der Waals surface area contributed by atoms with Crippen LogP contribution >= 0.6 is 11.6 Å². The highest BCUT2D eigenvalue weighted by Gasteiger charge is 2.65. The van der Waals surface area contributed by atoms with Gasteiger partial charge in [0.05, 0.1) is 54.9 Å². The number of fused-ring (bicyclic) bond motifs is 5. The van der Waals surface area contributed by atoms with Gasteiger partial charge in [-0.25, -0.2) is 33.4 Å². The Morgan fingerprint density at radius 2 is 1.68 bits per heavy atom. The lowest BCUT2D eigenvalue weighted by Gasteiger charge is -2.47. The predicted molar refractivity (Wildman–Crippen MR) is 195 cm³/mol. The number of amides is 2. The molecule has 0 radical (unpaired) electrons. The number of phenols is 1. The summed E-state index contributed by atoms with van der Waals surface area (Å²) in [6.07, 6.45) is 1.82. The van der Waals surface area contributed by atoms with Crippen LogP contribution in [-0.2, 0) is 36.1 Å². The molecule has 3 aliphatic rings. The smallest absolute Gasteiger partial charge is 0.347 e. The fraction of sp³-hybridized carbons (Fsp3) is 0.316.